The van der Waals surface area contributed by atoms with Crippen LogP contribution < -0.4 is 9.47 Å². The fraction of sp³-hybridized carbons (Fsp3) is 0.483. The number of ether oxygens (including phenoxy) is 2. The van der Waals surface area contributed by atoms with Crippen LogP contribution in [0, 0.1) is 5.92 Å². The average Bonchev–Trinajstić information content (AvgIpc) is 3.56. The van der Waals surface area contributed by atoms with Gasteiger partial charge in [-0.3, -0.25) is 9.69 Å². The molecule has 2 aromatic carbocycles. The minimum Gasteiger partial charge on any atom is -0.481 e. The first-order valence-electron chi connectivity index (χ1n) is 12.7. The quantitative estimate of drug-likeness (QED) is 0.419. The van der Waals surface area contributed by atoms with E-state index in [0.717, 1.165) is 55.0 Å². The number of rotatable bonds is 5. The second kappa shape index (κ2) is 7.19. The third kappa shape index (κ3) is 2.77. The summed E-state index contributed by atoms with van der Waals surface area (Å²) in [5.41, 5.74) is 2.92. The molecule has 3 aliphatic carbocycles. The van der Waals surface area contributed by atoms with Gasteiger partial charge in [-0.05, 0) is 73.8 Å². The van der Waals surface area contributed by atoms with Crippen LogP contribution in [0.15, 0.2) is 54.6 Å². The van der Waals surface area contributed by atoms with Gasteiger partial charge in [-0.2, -0.15) is 0 Å². The fourth-order valence-corrected chi connectivity index (χ4v) is 7.38. The molecular weight excluding hydrogens is 426 g/mol. The van der Waals surface area contributed by atoms with E-state index in [2.05, 4.69) is 17.5 Å². The SMILES string of the molecule is C=C1CC[C@@]2(O)[C@H]3Cc4ccc(OC(=O)Cc5ccccc5)c5c4[C@@]2(CCN3CC2CC2)[C@H]1O5. The molecule has 7 rings (SSSR count). The minimum atomic E-state index is -0.850. The van der Waals surface area contributed by atoms with Crippen LogP contribution in [0.5, 0.6) is 11.5 Å². The predicted molar refractivity (Wildman–Crippen MR) is 128 cm³/mol. The third-order valence-corrected chi connectivity index (χ3v) is 9.11. The topological polar surface area (TPSA) is 59.0 Å². The maximum atomic E-state index is 12.8. The Balaban J connectivity index is 1.28. The summed E-state index contributed by atoms with van der Waals surface area (Å²) in [5, 5.41) is 12.4. The minimum absolute atomic E-state index is 0.103. The molecule has 0 aromatic heterocycles. The Morgan fingerprint density at radius 1 is 1.18 bits per heavy atom. The molecule has 5 heteroatoms. The summed E-state index contributed by atoms with van der Waals surface area (Å²) >= 11 is 0. The van der Waals surface area contributed by atoms with E-state index in [1.165, 1.54) is 18.4 Å². The molecule has 2 aliphatic heterocycles. The molecule has 1 saturated heterocycles. The zero-order valence-corrected chi connectivity index (χ0v) is 19.5. The summed E-state index contributed by atoms with van der Waals surface area (Å²) < 4.78 is 12.5. The molecule has 4 atom stereocenters. The van der Waals surface area contributed by atoms with Crippen LogP contribution in [0.2, 0.25) is 0 Å². The standard InChI is InChI=1S/C29H31NO4/c1-18-11-12-29(32)23-16-21-9-10-22(33-24(31)15-19-5-3-2-4-6-19)26-25(21)28(29,27(18)34-26)13-14-30(23)17-20-7-8-20/h2-6,9-10,20,23,27,32H,1,7-8,11-17H2/t23-,27+,28+,29-/m1/s1. The molecule has 0 unspecified atom stereocenters. The van der Waals surface area contributed by atoms with Gasteiger partial charge in [-0.25, -0.2) is 0 Å². The number of aliphatic hydroxyl groups is 1. The number of nitrogens with zero attached hydrogens (tertiary/aromatic N) is 1. The molecule has 34 heavy (non-hydrogen) atoms. The Morgan fingerprint density at radius 3 is 2.79 bits per heavy atom. The van der Waals surface area contributed by atoms with Gasteiger partial charge < -0.3 is 14.6 Å². The number of hydrogen-bond donors (Lipinski definition) is 1. The van der Waals surface area contributed by atoms with Gasteiger partial charge in [0, 0.05) is 18.2 Å². The average molecular weight is 458 g/mol. The van der Waals surface area contributed by atoms with Crippen LogP contribution in [-0.2, 0) is 23.1 Å². The number of piperidine rings is 1. The predicted octanol–water partition coefficient (Wildman–Crippen LogP) is 3.96. The summed E-state index contributed by atoms with van der Waals surface area (Å²) in [7, 11) is 0. The lowest BCUT2D eigenvalue weighted by molar-refractivity contribution is -0.174. The van der Waals surface area contributed by atoms with Gasteiger partial charge >= 0.3 is 5.97 Å². The zero-order valence-electron chi connectivity index (χ0n) is 19.5. The Labute approximate surface area is 200 Å². The normalized spacial score (nSPS) is 33.3. The fourth-order valence-electron chi connectivity index (χ4n) is 7.38. The molecule has 3 fully saturated rings. The van der Waals surface area contributed by atoms with Crippen LogP contribution in [0.4, 0.5) is 0 Å². The Hall–Kier alpha value is -2.63. The van der Waals surface area contributed by atoms with Crippen LogP contribution in [-0.4, -0.2) is 46.8 Å². The lowest BCUT2D eigenvalue weighted by Gasteiger charge is -2.63. The van der Waals surface area contributed by atoms with Crippen molar-refractivity contribution in [2.75, 3.05) is 13.1 Å². The molecule has 0 radical (unpaired) electrons. The van der Waals surface area contributed by atoms with Gasteiger partial charge in [0.15, 0.2) is 11.5 Å². The molecule has 2 heterocycles. The molecule has 1 N–H and O–H groups in total. The van der Waals surface area contributed by atoms with E-state index < -0.39 is 11.0 Å². The van der Waals surface area contributed by atoms with Crippen molar-refractivity contribution in [2.24, 2.45) is 5.92 Å². The number of esters is 1. The van der Waals surface area contributed by atoms with Crippen molar-refractivity contribution in [1.82, 2.24) is 4.90 Å². The van der Waals surface area contributed by atoms with Crippen molar-refractivity contribution in [2.45, 2.75) is 68.1 Å². The number of benzene rings is 2. The van der Waals surface area contributed by atoms with E-state index >= 15 is 0 Å². The largest absolute Gasteiger partial charge is 0.481 e. The van der Waals surface area contributed by atoms with Crippen LogP contribution in [0.25, 0.3) is 0 Å². The maximum Gasteiger partial charge on any atom is 0.315 e. The van der Waals surface area contributed by atoms with Crippen molar-refractivity contribution >= 4 is 5.97 Å². The zero-order chi connectivity index (χ0) is 23.1. The first kappa shape index (κ1) is 20.7. The summed E-state index contributed by atoms with van der Waals surface area (Å²) in [6.45, 7) is 6.42. The lowest BCUT2D eigenvalue weighted by Crippen LogP contribution is -2.75. The lowest BCUT2D eigenvalue weighted by atomic mass is 9.48. The van der Waals surface area contributed by atoms with Gasteiger partial charge in [0.2, 0.25) is 0 Å². The van der Waals surface area contributed by atoms with E-state index in [-0.39, 0.29) is 24.5 Å². The van der Waals surface area contributed by atoms with Crippen molar-refractivity contribution in [3.8, 4) is 11.5 Å². The number of carbonyl (C=O) groups excluding carboxylic acids is 1. The molecule has 176 valence electrons. The Bertz CT molecular complexity index is 1190. The highest BCUT2D eigenvalue weighted by atomic mass is 16.6. The first-order valence-corrected chi connectivity index (χ1v) is 12.7. The van der Waals surface area contributed by atoms with Crippen molar-refractivity contribution in [1.29, 1.82) is 0 Å². The third-order valence-electron chi connectivity index (χ3n) is 9.11. The van der Waals surface area contributed by atoms with Crippen molar-refractivity contribution in [3.63, 3.8) is 0 Å². The van der Waals surface area contributed by atoms with Crippen LogP contribution in [0.1, 0.15) is 48.8 Å². The van der Waals surface area contributed by atoms with Gasteiger partial charge in [-0.15, -0.1) is 0 Å². The van der Waals surface area contributed by atoms with E-state index in [1.54, 1.807) is 0 Å². The van der Waals surface area contributed by atoms with Gasteiger partial charge in [-0.1, -0.05) is 43.0 Å². The van der Waals surface area contributed by atoms with Crippen LogP contribution in [0.3, 0.4) is 0 Å². The van der Waals surface area contributed by atoms with E-state index in [4.69, 9.17) is 9.47 Å². The molecule has 1 spiro atoms. The number of hydrogen-bond acceptors (Lipinski definition) is 5. The molecule has 5 nitrogen and oxygen atoms in total. The Kier molecular flexibility index (Phi) is 4.38. The highest BCUT2D eigenvalue weighted by Gasteiger charge is 2.72. The number of likely N-dealkylation sites (tertiary alicyclic amines) is 1. The van der Waals surface area contributed by atoms with Crippen LogP contribution >= 0.6 is 0 Å². The monoisotopic (exact) mass is 457 g/mol. The molecule has 2 bridgehead atoms. The maximum absolute atomic E-state index is 12.8. The summed E-state index contributed by atoms with van der Waals surface area (Å²) in [5.74, 6) is 1.60. The van der Waals surface area contributed by atoms with Crippen molar-refractivity contribution < 1.29 is 19.4 Å². The molecule has 5 aliphatic rings. The second-order valence-corrected chi connectivity index (χ2v) is 11.0. The van der Waals surface area contributed by atoms with Gasteiger partial charge in [0.05, 0.1) is 17.4 Å². The summed E-state index contributed by atoms with van der Waals surface area (Å²) in [4.78, 5) is 15.4. The van der Waals surface area contributed by atoms with E-state index in [1.807, 2.05) is 36.4 Å². The molecule has 0 amide bonds. The highest BCUT2D eigenvalue weighted by molar-refractivity contribution is 5.77. The van der Waals surface area contributed by atoms with Gasteiger partial charge in [0.25, 0.3) is 0 Å². The molecule has 2 saturated carbocycles. The summed E-state index contributed by atoms with van der Waals surface area (Å²) in [6.07, 6.45) is 5.71. The highest BCUT2D eigenvalue weighted by Crippen LogP contribution is 2.66. The molecule has 2 aromatic rings. The molecular formula is C29H31NO4. The van der Waals surface area contributed by atoms with E-state index in [9.17, 15) is 9.90 Å². The first-order chi connectivity index (χ1) is 16.5. The number of carbonyl (C=O) groups is 1. The van der Waals surface area contributed by atoms with E-state index in [0.29, 0.717) is 17.9 Å². The van der Waals surface area contributed by atoms with Gasteiger partial charge in [0.1, 0.15) is 6.10 Å². The Morgan fingerprint density at radius 2 is 2.00 bits per heavy atom. The summed E-state index contributed by atoms with van der Waals surface area (Å²) in [6, 6.07) is 13.7. The van der Waals surface area contributed by atoms with Crippen molar-refractivity contribution in [3.05, 3.63) is 71.3 Å². The second-order valence-electron chi connectivity index (χ2n) is 11.0. The smallest absolute Gasteiger partial charge is 0.315 e.